The predicted molar refractivity (Wildman–Crippen MR) is 100 cm³/mol. The van der Waals surface area contributed by atoms with Crippen LogP contribution in [0.25, 0.3) is 20.8 Å². The highest BCUT2D eigenvalue weighted by molar-refractivity contribution is 7.21. The van der Waals surface area contributed by atoms with Gasteiger partial charge >= 0.3 is 0 Å². The molecule has 1 aliphatic rings. The molecule has 0 atom stereocenters. The molecule has 4 heteroatoms. The Morgan fingerprint density at radius 2 is 1.83 bits per heavy atom. The van der Waals surface area contributed by atoms with Crippen LogP contribution in [0.5, 0.6) is 0 Å². The van der Waals surface area contributed by atoms with E-state index < -0.39 is 0 Å². The Bertz CT molecular complexity index is 814. The quantitative estimate of drug-likeness (QED) is 0.685. The molecule has 1 aromatic heterocycles. The highest BCUT2D eigenvalue weighted by Gasteiger charge is 2.18. The molecule has 1 N–H and O–H groups in total. The molecule has 4 rings (SSSR count). The first-order valence-corrected chi connectivity index (χ1v) is 9.35. The maximum absolute atomic E-state index is 12.1. The average molecular weight is 336 g/mol. The number of fused-ring (bicyclic) bond motifs is 1. The zero-order valence-corrected chi connectivity index (χ0v) is 14.3. The van der Waals surface area contributed by atoms with E-state index in [-0.39, 0.29) is 5.91 Å². The Hall–Kier alpha value is -2.20. The third-order valence-corrected chi connectivity index (χ3v) is 5.74. The first kappa shape index (κ1) is 15.3. The standard InChI is InChI=1S/C20H20N2OS/c23-19(13-14-5-1-2-6-14)21-16-11-9-15(10-12-16)20-22-17-7-3-4-8-18(17)24-20/h3-4,7-12,14H,1-2,5-6,13H2,(H,21,23). The van der Waals surface area contributed by atoms with Gasteiger partial charge in [0, 0.05) is 17.7 Å². The van der Waals surface area contributed by atoms with Gasteiger partial charge in [-0.15, -0.1) is 11.3 Å². The van der Waals surface area contributed by atoms with Crippen molar-refractivity contribution in [3.05, 3.63) is 48.5 Å². The zero-order valence-electron chi connectivity index (χ0n) is 13.5. The van der Waals surface area contributed by atoms with Crippen LogP contribution < -0.4 is 5.32 Å². The summed E-state index contributed by atoms with van der Waals surface area (Å²) >= 11 is 1.69. The van der Waals surface area contributed by atoms with E-state index in [9.17, 15) is 4.79 Å². The second-order valence-electron chi connectivity index (χ2n) is 6.47. The number of anilines is 1. The molecule has 0 saturated heterocycles. The van der Waals surface area contributed by atoms with Gasteiger partial charge in [-0.25, -0.2) is 4.98 Å². The van der Waals surface area contributed by atoms with Crippen LogP contribution in [0, 0.1) is 5.92 Å². The molecule has 1 aliphatic carbocycles. The SMILES string of the molecule is O=C(CC1CCCC1)Nc1ccc(-c2nc3ccccc3s2)cc1. The van der Waals surface area contributed by atoms with E-state index in [1.807, 2.05) is 42.5 Å². The lowest BCUT2D eigenvalue weighted by Gasteiger charge is -2.09. The third kappa shape index (κ3) is 3.34. The summed E-state index contributed by atoms with van der Waals surface area (Å²) in [7, 11) is 0. The molecule has 0 aliphatic heterocycles. The Morgan fingerprint density at radius 1 is 1.08 bits per heavy atom. The number of nitrogens with one attached hydrogen (secondary N) is 1. The second kappa shape index (κ2) is 6.73. The molecule has 1 saturated carbocycles. The number of carbonyl (C=O) groups is 1. The van der Waals surface area contributed by atoms with Crippen LogP contribution in [-0.4, -0.2) is 10.9 Å². The molecule has 24 heavy (non-hydrogen) atoms. The Labute approximate surface area is 145 Å². The number of amides is 1. The van der Waals surface area contributed by atoms with Gasteiger partial charge < -0.3 is 5.32 Å². The summed E-state index contributed by atoms with van der Waals surface area (Å²) in [6, 6.07) is 16.2. The second-order valence-corrected chi connectivity index (χ2v) is 7.50. The topological polar surface area (TPSA) is 42.0 Å². The maximum atomic E-state index is 12.1. The predicted octanol–water partition coefficient (Wildman–Crippen LogP) is 5.48. The smallest absolute Gasteiger partial charge is 0.224 e. The van der Waals surface area contributed by atoms with Crippen molar-refractivity contribution in [3.63, 3.8) is 0 Å². The van der Waals surface area contributed by atoms with Crippen molar-refractivity contribution >= 4 is 33.1 Å². The van der Waals surface area contributed by atoms with Gasteiger partial charge in [-0.1, -0.05) is 25.0 Å². The van der Waals surface area contributed by atoms with Gasteiger partial charge in [-0.3, -0.25) is 4.79 Å². The van der Waals surface area contributed by atoms with Gasteiger partial charge in [-0.05, 0) is 55.2 Å². The molecule has 122 valence electrons. The van der Waals surface area contributed by atoms with E-state index >= 15 is 0 Å². The highest BCUT2D eigenvalue weighted by Crippen LogP contribution is 2.31. The van der Waals surface area contributed by atoms with Gasteiger partial charge in [0.25, 0.3) is 0 Å². The van der Waals surface area contributed by atoms with Crippen LogP contribution in [0.15, 0.2) is 48.5 Å². The molecule has 3 aromatic rings. The minimum Gasteiger partial charge on any atom is -0.326 e. The monoisotopic (exact) mass is 336 g/mol. The fourth-order valence-corrected chi connectivity index (χ4v) is 4.35. The normalized spacial score (nSPS) is 15.0. The molecule has 3 nitrogen and oxygen atoms in total. The summed E-state index contributed by atoms with van der Waals surface area (Å²) in [5, 5.41) is 4.03. The van der Waals surface area contributed by atoms with Crippen molar-refractivity contribution in [3.8, 4) is 10.6 Å². The van der Waals surface area contributed by atoms with Crippen molar-refractivity contribution in [1.29, 1.82) is 0 Å². The Balaban J connectivity index is 1.45. The number of benzene rings is 2. The van der Waals surface area contributed by atoms with Gasteiger partial charge in [-0.2, -0.15) is 0 Å². The minimum absolute atomic E-state index is 0.134. The van der Waals surface area contributed by atoms with Gasteiger partial charge in [0.05, 0.1) is 10.2 Å². The van der Waals surface area contributed by atoms with Crippen molar-refractivity contribution in [2.75, 3.05) is 5.32 Å². The van der Waals surface area contributed by atoms with Crippen LogP contribution >= 0.6 is 11.3 Å². The lowest BCUT2D eigenvalue weighted by Crippen LogP contribution is -2.14. The number of aromatic nitrogens is 1. The van der Waals surface area contributed by atoms with Crippen molar-refractivity contribution in [2.24, 2.45) is 5.92 Å². The lowest BCUT2D eigenvalue weighted by molar-refractivity contribution is -0.117. The van der Waals surface area contributed by atoms with Gasteiger partial charge in [0.15, 0.2) is 0 Å². The van der Waals surface area contributed by atoms with E-state index in [0.29, 0.717) is 12.3 Å². The Kier molecular flexibility index (Phi) is 4.30. The Morgan fingerprint density at radius 3 is 2.58 bits per heavy atom. The van der Waals surface area contributed by atoms with Crippen molar-refractivity contribution in [1.82, 2.24) is 4.98 Å². The fourth-order valence-electron chi connectivity index (χ4n) is 3.38. The molecule has 1 fully saturated rings. The summed E-state index contributed by atoms with van der Waals surface area (Å²) in [5.74, 6) is 0.710. The van der Waals surface area contributed by atoms with E-state index in [0.717, 1.165) is 21.8 Å². The van der Waals surface area contributed by atoms with Gasteiger partial charge in [0.1, 0.15) is 5.01 Å². The summed E-state index contributed by atoms with van der Waals surface area (Å²) in [5.41, 5.74) is 2.99. The number of carbonyl (C=O) groups excluding carboxylic acids is 1. The van der Waals surface area contributed by atoms with Crippen LogP contribution in [0.1, 0.15) is 32.1 Å². The fraction of sp³-hybridized carbons (Fsp3) is 0.300. The number of thiazole rings is 1. The number of hydrogen-bond donors (Lipinski definition) is 1. The number of para-hydroxylation sites is 1. The summed E-state index contributed by atoms with van der Waals surface area (Å²) in [6.45, 7) is 0. The lowest BCUT2D eigenvalue weighted by atomic mass is 10.0. The first-order chi connectivity index (χ1) is 11.8. The number of nitrogens with zero attached hydrogens (tertiary/aromatic N) is 1. The molecule has 2 aromatic carbocycles. The van der Waals surface area contributed by atoms with E-state index in [1.54, 1.807) is 11.3 Å². The molecular weight excluding hydrogens is 316 g/mol. The first-order valence-electron chi connectivity index (χ1n) is 8.54. The maximum Gasteiger partial charge on any atom is 0.224 e. The van der Waals surface area contributed by atoms with Crippen molar-refractivity contribution in [2.45, 2.75) is 32.1 Å². The molecule has 0 radical (unpaired) electrons. The van der Waals surface area contributed by atoms with E-state index in [4.69, 9.17) is 0 Å². The molecule has 0 unspecified atom stereocenters. The number of rotatable bonds is 4. The highest BCUT2D eigenvalue weighted by atomic mass is 32.1. The largest absolute Gasteiger partial charge is 0.326 e. The summed E-state index contributed by atoms with van der Waals surface area (Å²) < 4.78 is 1.20. The summed E-state index contributed by atoms with van der Waals surface area (Å²) in [4.78, 5) is 16.8. The zero-order chi connectivity index (χ0) is 16.4. The van der Waals surface area contributed by atoms with Crippen LogP contribution in [0.2, 0.25) is 0 Å². The van der Waals surface area contributed by atoms with Crippen LogP contribution in [0.3, 0.4) is 0 Å². The van der Waals surface area contributed by atoms with Crippen LogP contribution in [0.4, 0.5) is 5.69 Å². The van der Waals surface area contributed by atoms with Gasteiger partial charge in [0.2, 0.25) is 5.91 Å². The molecule has 0 bridgehead atoms. The minimum atomic E-state index is 0.134. The molecule has 0 spiro atoms. The van der Waals surface area contributed by atoms with Crippen molar-refractivity contribution < 1.29 is 4.79 Å². The molecule has 1 heterocycles. The average Bonchev–Trinajstić information content (AvgIpc) is 3.24. The van der Waals surface area contributed by atoms with Crippen LogP contribution in [-0.2, 0) is 4.79 Å². The number of hydrogen-bond acceptors (Lipinski definition) is 3. The molecular formula is C20H20N2OS. The summed E-state index contributed by atoms with van der Waals surface area (Å²) in [6.07, 6.45) is 5.59. The molecule has 1 amide bonds. The third-order valence-electron chi connectivity index (χ3n) is 4.66. The van der Waals surface area contributed by atoms with E-state index in [2.05, 4.69) is 16.4 Å². The van der Waals surface area contributed by atoms with E-state index in [1.165, 1.54) is 30.4 Å².